The fraction of sp³-hybridized carbons (Fsp3) is 0.458. The molecule has 33 heavy (non-hydrogen) atoms. The predicted molar refractivity (Wildman–Crippen MR) is 133 cm³/mol. The van der Waals surface area contributed by atoms with Crippen LogP contribution in [0.4, 0.5) is 5.69 Å². The Morgan fingerprint density at radius 3 is 2.36 bits per heavy atom. The number of rotatable bonds is 8. The molecule has 1 aliphatic rings. The quantitative estimate of drug-likeness (QED) is 0.529. The Hall–Kier alpha value is -2.10. The molecule has 0 radical (unpaired) electrons. The third kappa shape index (κ3) is 5.53. The fourth-order valence-corrected chi connectivity index (χ4v) is 6.42. The number of anilines is 1. The molecule has 0 spiro atoms. The molecular formula is C24H31BrN2O5S. The maximum atomic E-state index is 13.5. The number of nitrogens with zero attached hydrogens (tertiary/aromatic N) is 1. The van der Waals surface area contributed by atoms with Gasteiger partial charge in [-0.2, -0.15) is 4.31 Å². The Balaban J connectivity index is 1.85. The van der Waals surface area contributed by atoms with Crippen molar-refractivity contribution in [3.8, 4) is 11.5 Å². The van der Waals surface area contributed by atoms with Gasteiger partial charge >= 0.3 is 0 Å². The molecule has 0 aromatic heterocycles. The smallest absolute Gasteiger partial charge is 0.246 e. The third-order valence-electron chi connectivity index (χ3n) is 6.02. The van der Waals surface area contributed by atoms with Crippen LogP contribution in [0.25, 0.3) is 0 Å². The fourth-order valence-electron chi connectivity index (χ4n) is 4.17. The Labute approximate surface area is 204 Å². The molecule has 1 heterocycles. The summed E-state index contributed by atoms with van der Waals surface area (Å²) in [5.74, 6) is 0.0786. The second-order valence-corrected chi connectivity index (χ2v) is 10.8. The molecule has 0 saturated carbocycles. The second kappa shape index (κ2) is 10.9. The highest BCUT2D eigenvalue weighted by Gasteiger charge is 2.35. The molecule has 1 saturated heterocycles. The number of carbonyl (C=O) groups excluding carboxylic acids is 1. The summed E-state index contributed by atoms with van der Waals surface area (Å²) in [6.07, 6.45) is 2.80. The zero-order chi connectivity index (χ0) is 24.2. The molecule has 9 heteroatoms. The number of benzene rings is 2. The average molecular weight is 539 g/mol. The Bertz CT molecular complexity index is 1090. The maximum absolute atomic E-state index is 13.5. The molecule has 1 fully saturated rings. The number of carbonyl (C=O) groups is 1. The van der Waals surface area contributed by atoms with Gasteiger partial charge in [-0.15, -0.1) is 0 Å². The monoisotopic (exact) mass is 538 g/mol. The van der Waals surface area contributed by atoms with Crippen molar-refractivity contribution in [3.63, 3.8) is 0 Å². The van der Waals surface area contributed by atoms with E-state index in [1.807, 2.05) is 26.0 Å². The normalized spacial score (nSPS) is 16.9. The summed E-state index contributed by atoms with van der Waals surface area (Å²) in [6.45, 7) is 4.57. The summed E-state index contributed by atoms with van der Waals surface area (Å²) in [6, 6.07) is 8.72. The van der Waals surface area contributed by atoms with Gasteiger partial charge in [0.05, 0.1) is 20.1 Å². The lowest BCUT2D eigenvalue weighted by Crippen LogP contribution is -2.43. The highest BCUT2D eigenvalue weighted by Crippen LogP contribution is 2.33. The van der Waals surface area contributed by atoms with Crippen LogP contribution in [-0.4, -0.2) is 45.9 Å². The van der Waals surface area contributed by atoms with Crippen LogP contribution in [0.3, 0.4) is 0 Å². The number of aryl methyl sites for hydroxylation is 2. The molecule has 7 nitrogen and oxygen atoms in total. The summed E-state index contributed by atoms with van der Waals surface area (Å²) < 4.78 is 39.8. The summed E-state index contributed by atoms with van der Waals surface area (Å²) in [5.41, 5.74) is 2.94. The van der Waals surface area contributed by atoms with Crippen molar-refractivity contribution >= 4 is 37.5 Å². The Kier molecular flexibility index (Phi) is 8.42. The number of sulfonamides is 1. The highest BCUT2D eigenvalue weighted by molar-refractivity contribution is 9.10. The van der Waals surface area contributed by atoms with Crippen molar-refractivity contribution in [2.75, 3.05) is 32.6 Å². The first-order chi connectivity index (χ1) is 15.7. The Morgan fingerprint density at radius 2 is 1.79 bits per heavy atom. The first-order valence-corrected chi connectivity index (χ1v) is 13.3. The van der Waals surface area contributed by atoms with E-state index >= 15 is 0 Å². The summed E-state index contributed by atoms with van der Waals surface area (Å²) in [7, 11) is -0.950. The van der Waals surface area contributed by atoms with Crippen LogP contribution in [0.15, 0.2) is 39.7 Å². The number of halogens is 1. The molecule has 1 aliphatic heterocycles. The molecule has 0 unspecified atom stereocenters. The van der Waals surface area contributed by atoms with Gasteiger partial charge in [-0.25, -0.2) is 8.42 Å². The van der Waals surface area contributed by atoms with Gasteiger partial charge in [0.2, 0.25) is 15.9 Å². The van der Waals surface area contributed by atoms with Gasteiger partial charge in [0.25, 0.3) is 0 Å². The van der Waals surface area contributed by atoms with E-state index in [-0.39, 0.29) is 23.1 Å². The SMILES string of the molecule is CCc1cc(Br)cc(CC)c1NC(=O)[C@@H]1CCCN(S(=O)(=O)c2cc(OC)ccc2OC)C1. The van der Waals surface area contributed by atoms with Gasteiger partial charge < -0.3 is 14.8 Å². The molecule has 3 rings (SSSR count). The van der Waals surface area contributed by atoms with Crippen LogP contribution in [0, 0.1) is 5.92 Å². The van der Waals surface area contributed by atoms with Crippen LogP contribution in [0.1, 0.15) is 37.8 Å². The highest BCUT2D eigenvalue weighted by atomic mass is 79.9. The van der Waals surface area contributed by atoms with Crippen LogP contribution >= 0.6 is 15.9 Å². The standard InChI is InChI=1S/C24H31BrN2O5S/c1-5-16-12-19(25)13-17(6-2)23(16)26-24(28)18-8-7-11-27(15-18)33(29,30)22-14-20(31-3)9-10-21(22)32-4/h9-10,12-14,18H,5-8,11,15H2,1-4H3,(H,26,28)/t18-/m1/s1. The Morgan fingerprint density at radius 1 is 1.12 bits per heavy atom. The van der Waals surface area contributed by atoms with Crippen LogP contribution in [0.2, 0.25) is 0 Å². The number of ether oxygens (including phenoxy) is 2. The van der Waals surface area contributed by atoms with Gasteiger partial charge in [-0.1, -0.05) is 29.8 Å². The minimum atomic E-state index is -3.87. The van der Waals surface area contributed by atoms with Crippen LogP contribution < -0.4 is 14.8 Å². The zero-order valence-corrected chi connectivity index (χ0v) is 21.9. The van der Waals surface area contributed by atoms with E-state index in [0.717, 1.165) is 34.1 Å². The van der Waals surface area contributed by atoms with E-state index in [1.54, 1.807) is 12.1 Å². The van der Waals surface area contributed by atoms with E-state index in [9.17, 15) is 13.2 Å². The van der Waals surface area contributed by atoms with E-state index in [2.05, 4.69) is 21.2 Å². The molecule has 0 bridgehead atoms. The molecule has 1 amide bonds. The predicted octanol–water partition coefficient (Wildman–Crippen LogP) is 4.63. The van der Waals surface area contributed by atoms with Gasteiger partial charge in [0.15, 0.2) is 0 Å². The van der Waals surface area contributed by atoms with E-state index in [1.165, 1.54) is 24.6 Å². The lowest BCUT2D eigenvalue weighted by molar-refractivity contribution is -0.120. The van der Waals surface area contributed by atoms with Gasteiger partial charge in [0, 0.05) is 29.3 Å². The molecule has 1 atom stereocenters. The molecule has 1 N–H and O–H groups in total. The topological polar surface area (TPSA) is 84.9 Å². The van der Waals surface area contributed by atoms with Crippen LogP contribution in [0.5, 0.6) is 11.5 Å². The molecular weight excluding hydrogens is 508 g/mol. The van der Waals surface area contributed by atoms with E-state index in [4.69, 9.17) is 9.47 Å². The second-order valence-electron chi connectivity index (χ2n) is 8.01. The van der Waals surface area contributed by atoms with Crippen molar-refractivity contribution < 1.29 is 22.7 Å². The van der Waals surface area contributed by atoms with Gasteiger partial charge in [0.1, 0.15) is 16.4 Å². The van der Waals surface area contributed by atoms with E-state index in [0.29, 0.717) is 25.1 Å². The minimum absolute atomic E-state index is 0.0415. The molecule has 2 aromatic rings. The largest absolute Gasteiger partial charge is 0.497 e. The molecule has 2 aromatic carbocycles. The number of hydrogen-bond donors (Lipinski definition) is 1. The van der Waals surface area contributed by atoms with Gasteiger partial charge in [-0.05, 0) is 61.1 Å². The van der Waals surface area contributed by atoms with Gasteiger partial charge in [-0.3, -0.25) is 4.79 Å². The lowest BCUT2D eigenvalue weighted by atomic mass is 9.97. The number of hydrogen-bond acceptors (Lipinski definition) is 5. The number of methoxy groups -OCH3 is 2. The first-order valence-electron chi connectivity index (χ1n) is 11.1. The molecule has 0 aliphatic carbocycles. The average Bonchev–Trinajstić information content (AvgIpc) is 2.84. The maximum Gasteiger partial charge on any atom is 0.246 e. The zero-order valence-electron chi connectivity index (χ0n) is 19.5. The number of amides is 1. The summed E-state index contributed by atoms with van der Waals surface area (Å²) in [5, 5.41) is 3.10. The van der Waals surface area contributed by atoms with Crippen molar-refractivity contribution in [1.82, 2.24) is 4.31 Å². The molecule has 180 valence electrons. The number of nitrogens with one attached hydrogen (secondary N) is 1. The van der Waals surface area contributed by atoms with Crippen molar-refractivity contribution in [2.24, 2.45) is 5.92 Å². The van der Waals surface area contributed by atoms with E-state index < -0.39 is 15.9 Å². The minimum Gasteiger partial charge on any atom is -0.497 e. The number of piperidine rings is 1. The third-order valence-corrected chi connectivity index (χ3v) is 8.36. The lowest BCUT2D eigenvalue weighted by Gasteiger charge is -2.32. The van der Waals surface area contributed by atoms with Crippen molar-refractivity contribution in [2.45, 2.75) is 44.4 Å². The first kappa shape index (κ1) is 25.5. The van der Waals surface area contributed by atoms with Crippen LogP contribution in [-0.2, 0) is 27.7 Å². The summed E-state index contributed by atoms with van der Waals surface area (Å²) in [4.78, 5) is 13.3. The van der Waals surface area contributed by atoms with Crippen molar-refractivity contribution in [1.29, 1.82) is 0 Å². The summed E-state index contributed by atoms with van der Waals surface area (Å²) >= 11 is 3.54. The van der Waals surface area contributed by atoms with Crippen molar-refractivity contribution in [3.05, 3.63) is 45.9 Å².